The molecule has 1 fully saturated rings. The maximum absolute atomic E-state index is 12.0. The highest BCUT2D eigenvalue weighted by Gasteiger charge is 2.29. The van der Waals surface area contributed by atoms with E-state index in [9.17, 15) is 4.79 Å². The maximum atomic E-state index is 12.0. The summed E-state index contributed by atoms with van der Waals surface area (Å²) in [5.74, 6) is 1.86. The number of hydrogen-bond acceptors (Lipinski definition) is 3. The van der Waals surface area contributed by atoms with E-state index in [0.717, 1.165) is 31.8 Å². The van der Waals surface area contributed by atoms with Crippen molar-refractivity contribution in [1.29, 1.82) is 0 Å². The Balaban J connectivity index is 1.84. The van der Waals surface area contributed by atoms with E-state index < -0.39 is 0 Å². The fourth-order valence-electron chi connectivity index (χ4n) is 2.82. The molecule has 2 heterocycles. The monoisotopic (exact) mass is 278 g/mol. The van der Waals surface area contributed by atoms with E-state index in [1.54, 1.807) is 6.26 Å². The van der Waals surface area contributed by atoms with Gasteiger partial charge in [-0.3, -0.25) is 4.79 Å². The number of carbonyl (C=O) groups is 1. The molecule has 0 saturated carbocycles. The Bertz CT molecular complexity index is 453. The van der Waals surface area contributed by atoms with Crippen molar-refractivity contribution < 1.29 is 9.21 Å². The highest BCUT2D eigenvalue weighted by molar-refractivity contribution is 5.78. The third-order valence-electron chi connectivity index (χ3n) is 4.20. The van der Waals surface area contributed by atoms with E-state index in [4.69, 9.17) is 4.42 Å². The average molecular weight is 278 g/mol. The van der Waals surface area contributed by atoms with Gasteiger partial charge in [0.1, 0.15) is 5.76 Å². The second-order valence-electron chi connectivity index (χ2n) is 6.22. The summed E-state index contributed by atoms with van der Waals surface area (Å²) >= 11 is 0. The van der Waals surface area contributed by atoms with Crippen LogP contribution in [0.5, 0.6) is 0 Å². The molecule has 1 aromatic heterocycles. The fourth-order valence-corrected chi connectivity index (χ4v) is 2.82. The Morgan fingerprint density at radius 2 is 2.30 bits per heavy atom. The molecule has 1 saturated heterocycles. The number of furan rings is 1. The molecule has 2 rings (SSSR count). The Morgan fingerprint density at radius 1 is 1.55 bits per heavy atom. The van der Waals surface area contributed by atoms with E-state index in [1.165, 1.54) is 5.56 Å². The number of aryl methyl sites for hydroxylation is 1. The Labute approximate surface area is 121 Å². The van der Waals surface area contributed by atoms with Gasteiger partial charge in [0.15, 0.2) is 0 Å². The Hall–Kier alpha value is -1.29. The number of likely N-dealkylation sites (tertiary alicyclic amines) is 1. The van der Waals surface area contributed by atoms with Gasteiger partial charge >= 0.3 is 0 Å². The lowest BCUT2D eigenvalue weighted by Crippen LogP contribution is -2.50. The molecule has 4 heteroatoms. The molecule has 20 heavy (non-hydrogen) atoms. The molecule has 1 aliphatic heterocycles. The molecule has 0 spiro atoms. The quantitative estimate of drug-likeness (QED) is 0.920. The molecule has 1 aromatic rings. The molecule has 0 aliphatic carbocycles. The zero-order chi connectivity index (χ0) is 14.7. The van der Waals surface area contributed by atoms with Crippen molar-refractivity contribution in [2.24, 2.45) is 11.8 Å². The SMILES string of the molecule is Cc1ccoc1CN[C@H]1CCN(C(=O)C(C)C)C[C@@H]1C. The summed E-state index contributed by atoms with van der Waals surface area (Å²) in [7, 11) is 0. The summed E-state index contributed by atoms with van der Waals surface area (Å²) in [6.45, 7) is 10.7. The lowest BCUT2D eigenvalue weighted by atomic mass is 9.93. The summed E-state index contributed by atoms with van der Waals surface area (Å²) in [4.78, 5) is 14.0. The predicted molar refractivity (Wildman–Crippen MR) is 79.3 cm³/mol. The second-order valence-corrected chi connectivity index (χ2v) is 6.22. The van der Waals surface area contributed by atoms with E-state index >= 15 is 0 Å². The zero-order valence-electron chi connectivity index (χ0n) is 13.0. The number of hydrogen-bond donors (Lipinski definition) is 1. The summed E-state index contributed by atoms with van der Waals surface area (Å²) in [6, 6.07) is 2.44. The van der Waals surface area contributed by atoms with Gasteiger partial charge in [-0.15, -0.1) is 0 Å². The largest absolute Gasteiger partial charge is 0.468 e. The van der Waals surface area contributed by atoms with Crippen LogP contribution in [0, 0.1) is 18.8 Å². The van der Waals surface area contributed by atoms with Crippen molar-refractivity contribution in [3.8, 4) is 0 Å². The number of carbonyl (C=O) groups excluding carboxylic acids is 1. The number of amides is 1. The topological polar surface area (TPSA) is 45.5 Å². The van der Waals surface area contributed by atoms with Crippen LogP contribution >= 0.6 is 0 Å². The van der Waals surface area contributed by atoms with E-state index in [-0.39, 0.29) is 11.8 Å². The molecule has 0 unspecified atom stereocenters. The smallest absolute Gasteiger partial charge is 0.225 e. The van der Waals surface area contributed by atoms with Crippen LogP contribution in [0.25, 0.3) is 0 Å². The minimum absolute atomic E-state index is 0.0949. The van der Waals surface area contributed by atoms with Crippen LogP contribution in [-0.4, -0.2) is 29.9 Å². The molecule has 1 amide bonds. The van der Waals surface area contributed by atoms with Gasteiger partial charge in [0.05, 0.1) is 12.8 Å². The first-order chi connectivity index (χ1) is 9.49. The summed E-state index contributed by atoms with van der Waals surface area (Å²) in [5.41, 5.74) is 1.19. The van der Waals surface area contributed by atoms with Gasteiger partial charge in [0.2, 0.25) is 5.91 Å². The van der Waals surface area contributed by atoms with Crippen molar-refractivity contribution in [3.05, 3.63) is 23.7 Å². The van der Waals surface area contributed by atoms with Gasteiger partial charge in [0.25, 0.3) is 0 Å². The van der Waals surface area contributed by atoms with Crippen LogP contribution in [0.1, 0.15) is 38.5 Å². The lowest BCUT2D eigenvalue weighted by molar-refractivity contribution is -0.136. The molecule has 0 aromatic carbocycles. The van der Waals surface area contributed by atoms with Crippen LogP contribution in [0.15, 0.2) is 16.7 Å². The Kier molecular flexibility index (Phi) is 4.86. The van der Waals surface area contributed by atoms with Crippen molar-refractivity contribution in [2.45, 2.75) is 46.7 Å². The fraction of sp³-hybridized carbons (Fsp3) is 0.688. The lowest BCUT2D eigenvalue weighted by Gasteiger charge is -2.38. The van der Waals surface area contributed by atoms with Gasteiger partial charge in [-0.1, -0.05) is 20.8 Å². The first-order valence-electron chi connectivity index (χ1n) is 7.54. The number of piperidine rings is 1. The van der Waals surface area contributed by atoms with Crippen LogP contribution in [0.3, 0.4) is 0 Å². The van der Waals surface area contributed by atoms with E-state index in [2.05, 4.69) is 19.2 Å². The minimum atomic E-state index is 0.0949. The predicted octanol–water partition coefficient (Wildman–Crippen LogP) is 2.57. The maximum Gasteiger partial charge on any atom is 0.225 e. The van der Waals surface area contributed by atoms with Crippen LogP contribution in [-0.2, 0) is 11.3 Å². The summed E-state index contributed by atoms with van der Waals surface area (Å²) in [6.07, 6.45) is 2.75. The molecule has 4 nitrogen and oxygen atoms in total. The van der Waals surface area contributed by atoms with Gasteiger partial charge in [0, 0.05) is 25.0 Å². The molecule has 1 N–H and O–H groups in total. The molecule has 2 atom stereocenters. The van der Waals surface area contributed by atoms with Crippen molar-refractivity contribution in [3.63, 3.8) is 0 Å². The third-order valence-corrected chi connectivity index (χ3v) is 4.20. The first kappa shape index (κ1) is 15.1. The molecular formula is C16H26N2O2. The standard InChI is InChI=1S/C16H26N2O2/c1-11(2)16(19)18-7-5-14(13(4)10-18)17-9-15-12(3)6-8-20-15/h6,8,11,13-14,17H,5,7,9-10H2,1-4H3/t13-,14-/m0/s1. The van der Waals surface area contributed by atoms with Gasteiger partial charge < -0.3 is 14.6 Å². The van der Waals surface area contributed by atoms with Gasteiger partial charge in [-0.05, 0) is 30.9 Å². The second kappa shape index (κ2) is 6.44. The molecular weight excluding hydrogens is 252 g/mol. The summed E-state index contributed by atoms with van der Waals surface area (Å²) < 4.78 is 5.45. The van der Waals surface area contributed by atoms with Crippen molar-refractivity contribution in [2.75, 3.05) is 13.1 Å². The first-order valence-corrected chi connectivity index (χ1v) is 7.54. The van der Waals surface area contributed by atoms with Crippen LogP contribution < -0.4 is 5.32 Å². The minimum Gasteiger partial charge on any atom is -0.468 e. The van der Waals surface area contributed by atoms with E-state index in [0.29, 0.717) is 12.0 Å². The number of nitrogens with zero attached hydrogens (tertiary/aromatic N) is 1. The molecule has 0 radical (unpaired) electrons. The van der Waals surface area contributed by atoms with Gasteiger partial charge in [-0.2, -0.15) is 0 Å². The highest BCUT2D eigenvalue weighted by Crippen LogP contribution is 2.19. The number of nitrogens with one attached hydrogen (secondary N) is 1. The molecule has 112 valence electrons. The van der Waals surface area contributed by atoms with Crippen molar-refractivity contribution >= 4 is 5.91 Å². The molecule has 1 aliphatic rings. The van der Waals surface area contributed by atoms with Crippen LogP contribution in [0.2, 0.25) is 0 Å². The van der Waals surface area contributed by atoms with Crippen molar-refractivity contribution in [1.82, 2.24) is 10.2 Å². The summed E-state index contributed by atoms with van der Waals surface area (Å²) in [5, 5.41) is 3.57. The van der Waals surface area contributed by atoms with E-state index in [1.807, 2.05) is 24.8 Å². The third kappa shape index (κ3) is 3.42. The normalized spacial score (nSPS) is 23.4. The Morgan fingerprint density at radius 3 is 2.85 bits per heavy atom. The highest BCUT2D eigenvalue weighted by atomic mass is 16.3. The zero-order valence-corrected chi connectivity index (χ0v) is 13.0. The van der Waals surface area contributed by atoms with Crippen LogP contribution in [0.4, 0.5) is 0 Å². The average Bonchev–Trinajstić information content (AvgIpc) is 2.82. The molecule has 0 bridgehead atoms. The number of rotatable bonds is 4. The van der Waals surface area contributed by atoms with Gasteiger partial charge in [-0.25, -0.2) is 0 Å².